The van der Waals surface area contributed by atoms with Crippen molar-refractivity contribution in [1.82, 2.24) is 9.97 Å². The molecule has 8 nitrogen and oxygen atoms in total. The van der Waals surface area contributed by atoms with Gasteiger partial charge in [0.05, 0.1) is 24.8 Å². The third-order valence-corrected chi connectivity index (χ3v) is 4.96. The number of H-pyrrole nitrogens is 1. The van der Waals surface area contributed by atoms with E-state index in [1.807, 2.05) is 6.07 Å². The number of carbonyl (C=O) groups excluding carboxylic acids is 1. The van der Waals surface area contributed by atoms with Crippen LogP contribution in [-0.2, 0) is 16.0 Å². The van der Waals surface area contributed by atoms with E-state index in [0.29, 0.717) is 17.2 Å². The molecule has 4 rings (SSSR count). The molecule has 2 unspecified atom stereocenters. The lowest BCUT2D eigenvalue weighted by molar-refractivity contribution is -0.107. The Kier molecular flexibility index (Phi) is 5.10. The summed E-state index contributed by atoms with van der Waals surface area (Å²) in [5.74, 6) is 1.03. The molecule has 28 heavy (non-hydrogen) atoms. The number of carbonyl (C=O) groups is 1. The summed E-state index contributed by atoms with van der Waals surface area (Å²) in [5.41, 5.74) is 0.970. The molecular formula is C20H21N3O5. The van der Waals surface area contributed by atoms with Crippen LogP contribution >= 0.6 is 0 Å². The molecule has 2 atom stereocenters. The molecule has 1 aromatic carbocycles. The highest BCUT2D eigenvalue weighted by molar-refractivity contribution is 6.00. The molecule has 2 heterocycles. The summed E-state index contributed by atoms with van der Waals surface area (Å²) < 4.78 is 17.0. The number of aromatic nitrogens is 2. The average Bonchev–Trinajstić information content (AvgIpc) is 3.11. The summed E-state index contributed by atoms with van der Waals surface area (Å²) in [6.07, 6.45) is 5.31. The van der Waals surface area contributed by atoms with Crippen LogP contribution in [0.25, 0.3) is 0 Å². The van der Waals surface area contributed by atoms with Gasteiger partial charge in [0, 0.05) is 6.42 Å². The number of benzene rings is 1. The molecule has 0 bridgehead atoms. The lowest BCUT2D eigenvalue weighted by Crippen LogP contribution is -2.26. The second kappa shape index (κ2) is 7.84. The number of aldehydes is 1. The van der Waals surface area contributed by atoms with Gasteiger partial charge in [-0.1, -0.05) is 18.6 Å². The van der Waals surface area contributed by atoms with Crippen molar-refractivity contribution in [3.8, 4) is 17.6 Å². The van der Waals surface area contributed by atoms with Crippen LogP contribution in [0.4, 0.5) is 0 Å². The highest BCUT2D eigenvalue weighted by atomic mass is 16.5. The van der Waals surface area contributed by atoms with Crippen LogP contribution in [0.3, 0.4) is 0 Å². The van der Waals surface area contributed by atoms with Crippen molar-refractivity contribution in [1.29, 1.82) is 0 Å². The lowest BCUT2D eigenvalue weighted by Gasteiger charge is -2.22. The van der Waals surface area contributed by atoms with Gasteiger partial charge < -0.3 is 19.0 Å². The summed E-state index contributed by atoms with van der Waals surface area (Å²) in [6, 6.07) is 6.70. The average molecular weight is 383 g/mol. The molecule has 0 saturated heterocycles. The lowest BCUT2D eigenvalue weighted by atomic mass is 9.94. The maximum atomic E-state index is 11.8. The maximum absolute atomic E-state index is 11.8. The quantitative estimate of drug-likeness (QED) is 0.769. The van der Waals surface area contributed by atoms with Crippen molar-refractivity contribution in [2.75, 3.05) is 7.11 Å². The van der Waals surface area contributed by atoms with Crippen LogP contribution in [0.15, 0.2) is 34.1 Å². The van der Waals surface area contributed by atoms with E-state index in [2.05, 4.69) is 9.97 Å². The maximum Gasteiger partial charge on any atom is 0.305 e. The van der Waals surface area contributed by atoms with Crippen LogP contribution in [-0.4, -0.2) is 41.4 Å². The fourth-order valence-corrected chi connectivity index (χ4v) is 3.65. The van der Waals surface area contributed by atoms with Crippen LogP contribution in [0.1, 0.15) is 36.8 Å². The van der Waals surface area contributed by atoms with Crippen molar-refractivity contribution in [3.05, 3.63) is 45.7 Å². The zero-order chi connectivity index (χ0) is 19.5. The van der Waals surface area contributed by atoms with E-state index in [4.69, 9.17) is 19.2 Å². The van der Waals surface area contributed by atoms with E-state index in [0.717, 1.165) is 37.5 Å². The van der Waals surface area contributed by atoms with E-state index in [-0.39, 0.29) is 30.5 Å². The van der Waals surface area contributed by atoms with Gasteiger partial charge in [0.25, 0.3) is 5.56 Å². The highest BCUT2D eigenvalue weighted by Crippen LogP contribution is 2.35. The Morgan fingerprint density at radius 3 is 2.96 bits per heavy atom. The number of ether oxygens (including phenoxy) is 3. The zero-order valence-corrected chi connectivity index (χ0v) is 15.5. The third-order valence-electron chi connectivity index (χ3n) is 4.96. The molecule has 1 aliphatic heterocycles. The first-order chi connectivity index (χ1) is 13.7. The van der Waals surface area contributed by atoms with E-state index in [9.17, 15) is 9.59 Å². The molecule has 0 radical (unpaired) electrons. The van der Waals surface area contributed by atoms with Crippen molar-refractivity contribution in [2.24, 2.45) is 4.99 Å². The minimum Gasteiger partial charge on any atom is -0.481 e. The number of methoxy groups -OCH3 is 1. The summed E-state index contributed by atoms with van der Waals surface area (Å²) in [5, 5.41) is 0. The largest absolute Gasteiger partial charge is 0.481 e. The number of nitrogens with one attached hydrogen (secondary N) is 1. The van der Waals surface area contributed by atoms with Crippen molar-refractivity contribution in [3.63, 3.8) is 0 Å². The van der Waals surface area contributed by atoms with Gasteiger partial charge >= 0.3 is 6.01 Å². The molecule has 1 N–H and O–H groups in total. The molecule has 0 amide bonds. The Morgan fingerprint density at radius 1 is 1.32 bits per heavy atom. The van der Waals surface area contributed by atoms with E-state index < -0.39 is 5.56 Å². The molecule has 0 spiro atoms. The number of nitrogens with zero attached hydrogens (tertiary/aromatic N) is 2. The Balaban J connectivity index is 1.74. The molecule has 2 aliphatic rings. The van der Waals surface area contributed by atoms with Crippen LogP contribution in [0, 0.1) is 0 Å². The second-order valence-electron chi connectivity index (χ2n) is 6.80. The molecule has 2 aromatic rings. The number of hydrogen-bond donors (Lipinski definition) is 1. The molecule has 1 saturated carbocycles. The van der Waals surface area contributed by atoms with Gasteiger partial charge in [-0.15, -0.1) is 0 Å². The Bertz CT molecular complexity index is 969. The van der Waals surface area contributed by atoms with Crippen LogP contribution < -0.4 is 15.0 Å². The molecule has 1 aliphatic carbocycles. The smallest absolute Gasteiger partial charge is 0.305 e. The second-order valence-corrected chi connectivity index (χ2v) is 6.80. The number of rotatable bonds is 6. The first-order valence-electron chi connectivity index (χ1n) is 9.31. The van der Waals surface area contributed by atoms with Crippen molar-refractivity contribution in [2.45, 2.75) is 44.2 Å². The number of aliphatic imine (C=N–C) groups is 1. The van der Waals surface area contributed by atoms with Crippen molar-refractivity contribution >= 4 is 12.2 Å². The van der Waals surface area contributed by atoms with Gasteiger partial charge in [-0.05, 0) is 30.9 Å². The summed E-state index contributed by atoms with van der Waals surface area (Å²) in [7, 11) is 1.42. The van der Waals surface area contributed by atoms with Gasteiger partial charge in [-0.25, -0.2) is 4.99 Å². The van der Waals surface area contributed by atoms with Gasteiger partial charge in [-0.3, -0.25) is 9.78 Å². The summed E-state index contributed by atoms with van der Waals surface area (Å²) >= 11 is 0. The fourth-order valence-electron chi connectivity index (χ4n) is 3.65. The topological polar surface area (TPSA) is 103 Å². The Morgan fingerprint density at radius 2 is 2.18 bits per heavy atom. The monoisotopic (exact) mass is 383 g/mol. The predicted octanol–water partition coefficient (Wildman–Crippen LogP) is 2.40. The first kappa shape index (κ1) is 18.2. The SMILES string of the molecule is COc1cc(=O)[nH]c(Oc2cccc(CC=O)c2C2=NC3CCCCC3O2)n1. The minimum atomic E-state index is -0.395. The number of hydrogen-bond acceptors (Lipinski definition) is 7. The number of fused-ring (bicyclic) bond motifs is 1. The van der Waals surface area contributed by atoms with Gasteiger partial charge in [-0.2, -0.15) is 4.98 Å². The highest BCUT2D eigenvalue weighted by Gasteiger charge is 2.35. The molecule has 1 aromatic heterocycles. The first-order valence-corrected chi connectivity index (χ1v) is 9.31. The molecule has 8 heteroatoms. The van der Waals surface area contributed by atoms with Gasteiger partial charge in [0.2, 0.25) is 11.8 Å². The zero-order valence-electron chi connectivity index (χ0n) is 15.5. The predicted molar refractivity (Wildman–Crippen MR) is 101 cm³/mol. The standard InChI is InChI=1S/C20H21N3O5/c1-26-17-11-16(25)22-20(23-17)28-15-8-4-5-12(9-10-24)18(15)19-21-13-6-2-3-7-14(13)27-19/h4-5,8,10-11,13-14H,2-3,6-7,9H2,1H3,(H,22,23,25). The minimum absolute atomic E-state index is 0.00938. The van der Waals surface area contributed by atoms with Gasteiger partial charge in [0.1, 0.15) is 18.1 Å². The number of aromatic amines is 1. The van der Waals surface area contributed by atoms with Gasteiger partial charge in [0.15, 0.2) is 0 Å². The summed E-state index contributed by atoms with van der Waals surface area (Å²) in [4.78, 5) is 34.4. The van der Waals surface area contributed by atoms with Crippen molar-refractivity contribution < 1.29 is 19.0 Å². The fraction of sp³-hybridized carbons (Fsp3) is 0.400. The Labute approximate surface area is 161 Å². The molecule has 146 valence electrons. The van der Waals surface area contributed by atoms with Crippen LogP contribution in [0.2, 0.25) is 0 Å². The normalized spacial score (nSPS) is 20.7. The van der Waals surface area contributed by atoms with Crippen LogP contribution in [0.5, 0.6) is 17.6 Å². The molecular weight excluding hydrogens is 362 g/mol. The van der Waals surface area contributed by atoms with E-state index in [1.165, 1.54) is 13.2 Å². The third kappa shape index (κ3) is 3.62. The Hall–Kier alpha value is -3.16. The molecule has 1 fully saturated rings. The van der Waals surface area contributed by atoms with E-state index >= 15 is 0 Å². The summed E-state index contributed by atoms with van der Waals surface area (Å²) in [6.45, 7) is 0. The van der Waals surface area contributed by atoms with E-state index in [1.54, 1.807) is 12.1 Å².